The number of rotatable bonds is 11. The molecule has 7 nitrogen and oxygen atoms in total. The van der Waals surface area contributed by atoms with Crippen molar-refractivity contribution >= 4 is 43.5 Å². The van der Waals surface area contributed by atoms with E-state index in [4.69, 9.17) is 0 Å². The summed E-state index contributed by atoms with van der Waals surface area (Å²) in [6, 6.07) is 21.6. The third-order valence-corrected chi connectivity index (χ3v) is 8.73. The minimum absolute atomic E-state index is 0.0588. The maximum absolute atomic E-state index is 13.9. The van der Waals surface area contributed by atoms with Crippen LogP contribution >= 0.6 is 15.9 Å². The molecule has 9 heteroatoms. The van der Waals surface area contributed by atoms with E-state index in [-0.39, 0.29) is 23.4 Å². The summed E-state index contributed by atoms with van der Waals surface area (Å²) in [6.07, 6.45) is 0.746. The van der Waals surface area contributed by atoms with E-state index < -0.39 is 28.5 Å². The van der Waals surface area contributed by atoms with Gasteiger partial charge in [0, 0.05) is 17.1 Å². The molecule has 0 aliphatic heterocycles. The van der Waals surface area contributed by atoms with E-state index in [1.807, 2.05) is 44.2 Å². The number of amides is 2. The molecule has 3 aromatic carbocycles. The molecule has 0 aromatic heterocycles. The molecule has 3 aromatic rings. The smallest absolute Gasteiger partial charge is 0.264 e. The first-order valence-electron chi connectivity index (χ1n) is 12.5. The van der Waals surface area contributed by atoms with Crippen molar-refractivity contribution in [2.45, 2.75) is 57.6 Å². The molecule has 2 unspecified atom stereocenters. The molecule has 0 aliphatic carbocycles. The Kier molecular flexibility index (Phi) is 10.1. The Hall–Kier alpha value is -3.17. The number of hydrogen-bond donors (Lipinski definition) is 1. The number of nitrogens with one attached hydrogen (secondary N) is 1. The summed E-state index contributed by atoms with van der Waals surface area (Å²) in [4.78, 5) is 28.5. The van der Waals surface area contributed by atoms with Crippen molar-refractivity contribution in [1.29, 1.82) is 0 Å². The summed E-state index contributed by atoms with van der Waals surface area (Å²) in [5.74, 6) is -0.777. The van der Waals surface area contributed by atoms with Crippen LogP contribution in [0.15, 0.2) is 88.2 Å². The second-order valence-corrected chi connectivity index (χ2v) is 12.0. The van der Waals surface area contributed by atoms with E-state index in [0.717, 1.165) is 20.8 Å². The molecule has 0 saturated carbocycles. The van der Waals surface area contributed by atoms with Gasteiger partial charge in [-0.2, -0.15) is 0 Å². The first kappa shape index (κ1) is 29.4. The molecule has 2 amide bonds. The van der Waals surface area contributed by atoms with Crippen LogP contribution in [0.3, 0.4) is 0 Å². The van der Waals surface area contributed by atoms with E-state index >= 15 is 0 Å². The summed E-state index contributed by atoms with van der Waals surface area (Å²) in [6.45, 7) is 7.02. The van der Waals surface area contributed by atoms with Crippen LogP contribution in [-0.2, 0) is 26.2 Å². The van der Waals surface area contributed by atoms with Crippen LogP contribution in [0.4, 0.5) is 5.69 Å². The van der Waals surface area contributed by atoms with Gasteiger partial charge in [-0.05, 0) is 68.7 Å². The molecule has 0 radical (unpaired) electrons. The van der Waals surface area contributed by atoms with Crippen molar-refractivity contribution in [3.8, 4) is 0 Å². The van der Waals surface area contributed by atoms with Gasteiger partial charge in [-0.1, -0.05) is 71.4 Å². The van der Waals surface area contributed by atoms with Gasteiger partial charge in [0.15, 0.2) is 0 Å². The summed E-state index contributed by atoms with van der Waals surface area (Å²) in [7, 11) is -4.07. The van der Waals surface area contributed by atoms with Crippen LogP contribution in [0.5, 0.6) is 0 Å². The Morgan fingerprint density at radius 2 is 1.53 bits per heavy atom. The fourth-order valence-electron chi connectivity index (χ4n) is 3.91. The maximum atomic E-state index is 13.9. The second kappa shape index (κ2) is 13.1. The summed E-state index contributed by atoms with van der Waals surface area (Å²) >= 11 is 3.42. The lowest BCUT2D eigenvalue weighted by Gasteiger charge is -2.33. The molecule has 0 saturated heterocycles. The van der Waals surface area contributed by atoms with Gasteiger partial charge in [-0.25, -0.2) is 8.42 Å². The highest BCUT2D eigenvalue weighted by Gasteiger charge is 2.33. The fraction of sp³-hybridized carbons (Fsp3) is 0.310. The molecule has 0 bridgehead atoms. The molecule has 202 valence electrons. The number of sulfonamides is 1. The monoisotopic (exact) mass is 599 g/mol. The van der Waals surface area contributed by atoms with E-state index in [1.54, 1.807) is 50.2 Å². The van der Waals surface area contributed by atoms with Gasteiger partial charge in [0.25, 0.3) is 10.0 Å². The minimum atomic E-state index is -4.07. The van der Waals surface area contributed by atoms with Crippen LogP contribution in [0, 0.1) is 6.92 Å². The number of carbonyl (C=O) groups is 2. The highest BCUT2D eigenvalue weighted by atomic mass is 79.9. The van der Waals surface area contributed by atoms with Gasteiger partial charge < -0.3 is 10.2 Å². The van der Waals surface area contributed by atoms with Gasteiger partial charge in [-0.3, -0.25) is 13.9 Å². The summed E-state index contributed by atoms with van der Waals surface area (Å²) in [5.41, 5.74) is 1.94. The normalized spacial score (nSPS) is 12.9. The highest BCUT2D eigenvalue weighted by Crippen LogP contribution is 2.27. The Balaban J connectivity index is 2.02. The van der Waals surface area contributed by atoms with Crippen LogP contribution in [0.25, 0.3) is 0 Å². The summed E-state index contributed by atoms with van der Waals surface area (Å²) in [5, 5.41) is 2.94. The zero-order valence-electron chi connectivity index (χ0n) is 22.1. The number of aryl methyl sites for hydroxylation is 1. The van der Waals surface area contributed by atoms with Gasteiger partial charge in [-0.15, -0.1) is 0 Å². The third kappa shape index (κ3) is 7.23. The van der Waals surface area contributed by atoms with Gasteiger partial charge in [0.1, 0.15) is 12.6 Å². The first-order valence-corrected chi connectivity index (χ1v) is 14.8. The van der Waals surface area contributed by atoms with E-state index in [0.29, 0.717) is 11.3 Å². The fourth-order valence-corrected chi connectivity index (χ4v) is 5.68. The van der Waals surface area contributed by atoms with Crippen molar-refractivity contribution in [3.63, 3.8) is 0 Å². The molecule has 38 heavy (non-hydrogen) atoms. The number of para-hydroxylation sites is 1. The average molecular weight is 601 g/mol. The highest BCUT2D eigenvalue weighted by molar-refractivity contribution is 9.10. The van der Waals surface area contributed by atoms with Crippen LogP contribution < -0.4 is 9.62 Å². The Morgan fingerprint density at radius 1 is 0.921 bits per heavy atom. The van der Waals surface area contributed by atoms with Gasteiger partial charge >= 0.3 is 0 Å². The van der Waals surface area contributed by atoms with Gasteiger partial charge in [0.2, 0.25) is 11.8 Å². The number of benzene rings is 3. The van der Waals surface area contributed by atoms with Gasteiger partial charge in [0.05, 0.1) is 10.6 Å². The quantitative estimate of drug-likeness (QED) is 0.324. The number of carbonyl (C=O) groups excluding carboxylic acids is 2. The van der Waals surface area contributed by atoms with E-state index in [1.165, 1.54) is 17.0 Å². The van der Waals surface area contributed by atoms with Crippen molar-refractivity contribution < 1.29 is 18.0 Å². The SMILES string of the molecule is CCC(C)NC(=O)C(C)N(Cc1ccc(Br)cc1)C(=O)CN(c1ccccc1C)S(=O)(=O)c1ccccc1. The largest absolute Gasteiger partial charge is 0.352 e. The first-order chi connectivity index (χ1) is 18.0. The lowest BCUT2D eigenvalue weighted by atomic mass is 10.1. The molecule has 0 spiro atoms. The minimum Gasteiger partial charge on any atom is -0.352 e. The molecule has 1 N–H and O–H groups in total. The van der Waals surface area contributed by atoms with Crippen molar-refractivity contribution in [2.24, 2.45) is 0 Å². The van der Waals surface area contributed by atoms with Crippen LogP contribution in [0.2, 0.25) is 0 Å². The number of hydrogen-bond acceptors (Lipinski definition) is 4. The predicted molar refractivity (Wildman–Crippen MR) is 154 cm³/mol. The predicted octanol–water partition coefficient (Wildman–Crippen LogP) is 5.28. The molecule has 3 rings (SSSR count). The van der Waals surface area contributed by atoms with E-state index in [9.17, 15) is 18.0 Å². The standard InChI is InChI=1S/C29H34BrN3O4S/c1-5-22(3)31-29(35)23(4)32(19-24-15-17-25(30)18-16-24)28(34)20-33(27-14-10-9-11-21(27)2)38(36,37)26-12-7-6-8-13-26/h6-18,22-23H,5,19-20H2,1-4H3,(H,31,35). The molecule has 0 aliphatic rings. The molecule has 0 heterocycles. The van der Waals surface area contributed by atoms with Crippen molar-refractivity contribution in [2.75, 3.05) is 10.8 Å². The second-order valence-electron chi connectivity index (χ2n) is 9.25. The topological polar surface area (TPSA) is 86.8 Å². The Bertz CT molecular complexity index is 1350. The lowest BCUT2D eigenvalue weighted by molar-refractivity contribution is -0.139. The van der Waals surface area contributed by atoms with Crippen molar-refractivity contribution in [1.82, 2.24) is 10.2 Å². The Morgan fingerprint density at radius 3 is 2.13 bits per heavy atom. The van der Waals surface area contributed by atoms with Crippen molar-refractivity contribution in [3.05, 3.63) is 94.5 Å². The molecular formula is C29H34BrN3O4S. The third-order valence-electron chi connectivity index (χ3n) is 6.43. The van der Waals surface area contributed by atoms with E-state index in [2.05, 4.69) is 21.2 Å². The lowest BCUT2D eigenvalue weighted by Crippen LogP contribution is -2.52. The number of nitrogens with zero attached hydrogens (tertiary/aromatic N) is 2. The maximum Gasteiger partial charge on any atom is 0.264 e. The molecule has 0 fully saturated rings. The van der Waals surface area contributed by atoms with Crippen LogP contribution in [-0.4, -0.2) is 43.8 Å². The zero-order valence-corrected chi connectivity index (χ0v) is 24.5. The summed E-state index contributed by atoms with van der Waals surface area (Å²) < 4.78 is 29.6. The average Bonchev–Trinajstić information content (AvgIpc) is 2.91. The Labute approximate surface area is 234 Å². The molecule has 2 atom stereocenters. The molecular weight excluding hydrogens is 566 g/mol. The van der Waals surface area contributed by atoms with Crippen LogP contribution in [0.1, 0.15) is 38.3 Å². The zero-order chi connectivity index (χ0) is 27.9. The number of halogens is 1. The number of anilines is 1.